The third kappa shape index (κ3) is 5.47. The molecule has 3 aromatic rings. The molecule has 2 atom stereocenters. The summed E-state index contributed by atoms with van der Waals surface area (Å²) in [6, 6.07) is 14.6. The SMILES string of the molecule is Cc1ccc(C2c3cc(OCc4nc(C(=O)NCC5CCCO5)cs4)ccc3CCN2C(=O)C2CC2)cc1. The quantitative estimate of drug-likeness (QED) is 0.451. The van der Waals surface area contributed by atoms with Gasteiger partial charge in [-0.1, -0.05) is 35.9 Å². The first-order chi connectivity index (χ1) is 18.5. The highest BCUT2D eigenvalue weighted by Gasteiger charge is 2.39. The van der Waals surface area contributed by atoms with Crippen molar-refractivity contribution in [1.82, 2.24) is 15.2 Å². The maximum Gasteiger partial charge on any atom is 0.270 e. The lowest BCUT2D eigenvalue weighted by Crippen LogP contribution is -2.41. The zero-order valence-electron chi connectivity index (χ0n) is 21.7. The standard InChI is InChI=1S/C30H33N3O4S/c1-19-4-6-21(7-5-19)28-25-15-23(11-10-20(25)12-13-33(28)30(35)22-8-9-22)37-17-27-32-26(18-38-27)29(34)31-16-24-3-2-14-36-24/h4-7,10-11,15,18,22,24,28H,2-3,8-9,12-14,16-17H2,1H3,(H,31,34). The number of fused-ring (bicyclic) bond motifs is 1. The van der Waals surface area contributed by atoms with E-state index in [1.165, 1.54) is 22.5 Å². The zero-order valence-corrected chi connectivity index (χ0v) is 22.5. The summed E-state index contributed by atoms with van der Waals surface area (Å²) in [6.45, 7) is 4.37. The highest BCUT2D eigenvalue weighted by atomic mass is 32.1. The molecule has 198 valence electrons. The normalized spacial score (nSPS) is 20.7. The predicted molar refractivity (Wildman–Crippen MR) is 145 cm³/mol. The zero-order chi connectivity index (χ0) is 26.1. The largest absolute Gasteiger partial charge is 0.486 e. The number of amides is 2. The van der Waals surface area contributed by atoms with E-state index in [0.29, 0.717) is 12.2 Å². The molecule has 1 N–H and O–H groups in total. The van der Waals surface area contributed by atoms with E-state index in [1.807, 2.05) is 6.07 Å². The highest BCUT2D eigenvalue weighted by Crippen LogP contribution is 2.41. The molecule has 3 aliphatic rings. The lowest BCUT2D eigenvalue weighted by Gasteiger charge is -2.38. The van der Waals surface area contributed by atoms with Gasteiger partial charge < -0.3 is 19.7 Å². The molecular weight excluding hydrogens is 498 g/mol. The maximum absolute atomic E-state index is 13.2. The maximum atomic E-state index is 13.2. The van der Waals surface area contributed by atoms with Crippen LogP contribution in [0.4, 0.5) is 0 Å². The van der Waals surface area contributed by atoms with E-state index in [0.717, 1.165) is 67.1 Å². The van der Waals surface area contributed by atoms with Crippen LogP contribution in [0.5, 0.6) is 5.75 Å². The van der Waals surface area contributed by atoms with Crippen LogP contribution < -0.4 is 10.1 Å². The summed E-state index contributed by atoms with van der Waals surface area (Å²) in [5.41, 5.74) is 5.11. The van der Waals surface area contributed by atoms with E-state index in [9.17, 15) is 9.59 Å². The number of thiazole rings is 1. The number of carbonyl (C=O) groups excluding carboxylic acids is 2. The second kappa shape index (κ2) is 10.9. The summed E-state index contributed by atoms with van der Waals surface area (Å²) >= 11 is 1.42. The number of hydrogen-bond acceptors (Lipinski definition) is 6. The van der Waals surface area contributed by atoms with E-state index in [2.05, 4.69) is 58.5 Å². The van der Waals surface area contributed by atoms with E-state index in [1.54, 1.807) is 5.38 Å². The number of rotatable bonds is 8. The van der Waals surface area contributed by atoms with Gasteiger partial charge in [-0.05, 0) is 67.9 Å². The fourth-order valence-corrected chi connectivity index (χ4v) is 6.01. The fourth-order valence-electron chi connectivity index (χ4n) is 5.32. The average molecular weight is 532 g/mol. The Labute approximate surface area is 227 Å². The molecule has 8 heteroatoms. The first kappa shape index (κ1) is 25.1. The molecule has 7 nitrogen and oxygen atoms in total. The highest BCUT2D eigenvalue weighted by molar-refractivity contribution is 7.09. The third-order valence-corrected chi connectivity index (χ3v) is 8.43. The van der Waals surface area contributed by atoms with Gasteiger partial charge in [0.25, 0.3) is 5.91 Å². The van der Waals surface area contributed by atoms with Gasteiger partial charge in [-0.15, -0.1) is 11.3 Å². The van der Waals surface area contributed by atoms with Gasteiger partial charge in [-0.2, -0.15) is 0 Å². The molecule has 1 saturated heterocycles. The first-order valence-corrected chi connectivity index (χ1v) is 14.4. The van der Waals surface area contributed by atoms with Gasteiger partial charge in [0.05, 0.1) is 12.1 Å². The van der Waals surface area contributed by atoms with E-state index < -0.39 is 0 Å². The third-order valence-electron chi connectivity index (χ3n) is 7.61. The lowest BCUT2D eigenvalue weighted by atomic mass is 9.87. The number of nitrogens with one attached hydrogen (secondary N) is 1. The minimum Gasteiger partial charge on any atom is -0.486 e. The van der Waals surface area contributed by atoms with Gasteiger partial charge in [-0.3, -0.25) is 9.59 Å². The van der Waals surface area contributed by atoms with Gasteiger partial charge in [0.1, 0.15) is 23.1 Å². The number of ether oxygens (including phenoxy) is 2. The number of aryl methyl sites for hydroxylation is 1. The van der Waals surface area contributed by atoms with Crippen molar-refractivity contribution in [3.63, 3.8) is 0 Å². The molecule has 1 aliphatic carbocycles. The number of aromatic nitrogens is 1. The lowest BCUT2D eigenvalue weighted by molar-refractivity contribution is -0.134. The number of hydrogen-bond donors (Lipinski definition) is 1. The number of nitrogens with zero attached hydrogens (tertiary/aromatic N) is 2. The molecule has 3 heterocycles. The monoisotopic (exact) mass is 531 g/mol. The Morgan fingerprint density at radius 2 is 2.00 bits per heavy atom. The van der Waals surface area contributed by atoms with Crippen LogP contribution in [0.25, 0.3) is 0 Å². The molecule has 2 unspecified atom stereocenters. The van der Waals surface area contributed by atoms with Crippen LogP contribution in [-0.4, -0.2) is 47.5 Å². The summed E-state index contributed by atoms with van der Waals surface area (Å²) in [5, 5.41) is 5.43. The van der Waals surface area contributed by atoms with Gasteiger partial charge in [-0.25, -0.2) is 4.98 Å². The molecule has 2 amide bonds. The predicted octanol–water partition coefficient (Wildman–Crippen LogP) is 4.82. The van der Waals surface area contributed by atoms with Crippen LogP contribution in [0.15, 0.2) is 47.8 Å². The van der Waals surface area contributed by atoms with Crippen LogP contribution >= 0.6 is 11.3 Å². The topological polar surface area (TPSA) is 80.8 Å². The van der Waals surface area contributed by atoms with Crippen molar-refractivity contribution in [2.24, 2.45) is 5.92 Å². The Bertz CT molecular complexity index is 1310. The minimum atomic E-state index is -0.182. The summed E-state index contributed by atoms with van der Waals surface area (Å²) < 4.78 is 11.7. The molecule has 2 aliphatic heterocycles. The van der Waals surface area contributed by atoms with Crippen molar-refractivity contribution in [1.29, 1.82) is 0 Å². The van der Waals surface area contributed by atoms with Crippen LogP contribution in [0.1, 0.15) is 69.5 Å². The second-order valence-electron chi connectivity index (χ2n) is 10.5. The Kier molecular flexibility index (Phi) is 7.17. The van der Waals surface area contributed by atoms with Crippen molar-refractivity contribution in [2.45, 2.75) is 57.8 Å². The summed E-state index contributed by atoms with van der Waals surface area (Å²) in [5.74, 6) is 0.992. The van der Waals surface area contributed by atoms with Crippen molar-refractivity contribution in [2.75, 3.05) is 19.7 Å². The smallest absolute Gasteiger partial charge is 0.270 e. The average Bonchev–Trinajstić information content (AvgIpc) is 3.44. The van der Waals surface area contributed by atoms with Crippen molar-refractivity contribution >= 4 is 23.2 Å². The second-order valence-corrected chi connectivity index (χ2v) is 11.4. The molecule has 1 aromatic heterocycles. The van der Waals surface area contributed by atoms with Gasteiger partial charge >= 0.3 is 0 Å². The molecule has 2 fully saturated rings. The van der Waals surface area contributed by atoms with E-state index >= 15 is 0 Å². The fraction of sp³-hybridized carbons (Fsp3) is 0.433. The molecule has 0 bridgehead atoms. The van der Waals surface area contributed by atoms with E-state index in [-0.39, 0.29) is 36.5 Å². The Hall–Kier alpha value is -3.23. The molecule has 2 aromatic carbocycles. The van der Waals surface area contributed by atoms with Gasteiger partial charge in [0, 0.05) is 31.0 Å². The molecule has 0 spiro atoms. The van der Waals surface area contributed by atoms with Crippen LogP contribution in [0, 0.1) is 12.8 Å². The number of carbonyl (C=O) groups is 2. The Morgan fingerprint density at radius 1 is 1.16 bits per heavy atom. The summed E-state index contributed by atoms with van der Waals surface area (Å²) in [4.78, 5) is 32.3. The van der Waals surface area contributed by atoms with Crippen molar-refractivity contribution in [3.05, 3.63) is 80.8 Å². The molecule has 6 rings (SSSR count). The van der Waals surface area contributed by atoms with E-state index in [4.69, 9.17) is 9.47 Å². The Balaban J connectivity index is 1.16. The van der Waals surface area contributed by atoms with Crippen LogP contribution in [0.2, 0.25) is 0 Å². The number of benzene rings is 2. The summed E-state index contributed by atoms with van der Waals surface area (Å²) in [7, 11) is 0. The van der Waals surface area contributed by atoms with Crippen molar-refractivity contribution in [3.8, 4) is 5.75 Å². The first-order valence-electron chi connectivity index (χ1n) is 13.5. The van der Waals surface area contributed by atoms with Gasteiger partial charge in [0.15, 0.2) is 0 Å². The molecule has 1 saturated carbocycles. The van der Waals surface area contributed by atoms with Crippen LogP contribution in [-0.2, 0) is 22.6 Å². The Morgan fingerprint density at radius 3 is 2.76 bits per heavy atom. The van der Waals surface area contributed by atoms with Crippen molar-refractivity contribution < 1.29 is 19.1 Å². The molecule has 0 radical (unpaired) electrons. The molecular formula is C30H33N3O4S. The van der Waals surface area contributed by atoms with Gasteiger partial charge in [0.2, 0.25) is 5.91 Å². The van der Waals surface area contributed by atoms with Crippen LogP contribution in [0.3, 0.4) is 0 Å². The summed E-state index contributed by atoms with van der Waals surface area (Å²) in [6.07, 6.45) is 4.95. The minimum absolute atomic E-state index is 0.101. The molecule has 38 heavy (non-hydrogen) atoms.